The van der Waals surface area contributed by atoms with E-state index in [1.165, 1.54) is 12.8 Å². The molecule has 0 aliphatic carbocycles. The lowest BCUT2D eigenvalue weighted by Crippen LogP contribution is -2.46. The summed E-state index contributed by atoms with van der Waals surface area (Å²) < 4.78 is 13.1. The molecule has 2 saturated heterocycles. The first-order valence-electron chi connectivity index (χ1n) is 11.2. The van der Waals surface area contributed by atoms with E-state index < -0.39 is 0 Å². The summed E-state index contributed by atoms with van der Waals surface area (Å²) >= 11 is 3.66. The normalized spacial score (nSPS) is 23.1. The van der Waals surface area contributed by atoms with Gasteiger partial charge in [0.15, 0.2) is 0 Å². The zero-order valence-electron chi connectivity index (χ0n) is 18.4. The van der Waals surface area contributed by atoms with Gasteiger partial charge in [0.25, 0.3) is 0 Å². The van der Waals surface area contributed by atoms with Gasteiger partial charge in [0.05, 0.1) is 17.7 Å². The average molecular weight is 477 g/mol. The molecule has 3 heterocycles. The van der Waals surface area contributed by atoms with Gasteiger partial charge in [0.1, 0.15) is 12.4 Å². The van der Waals surface area contributed by atoms with Gasteiger partial charge < -0.3 is 14.4 Å². The minimum Gasteiger partial charge on any atom is -0.461 e. The molecule has 2 aliphatic rings. The second-order valence-electron chi connectivity index (χ2n) is 8.64. The van der Waals surface area contributed by atoms with E-state index in [0.29, 0.717) is 12.6 Å². The van der Waals surface area contributed by atoms with Crippen molar-refractivity contribution in [3.63, 3.8) is 0 Å². The highest BCUT2D eigenvalue weighted by Crippen LogP contribution is 2.35. The Morgan fingerprint density at radius 1 is 1.17 bits per heavy atom. The second-order valence-corrected chi connectivity index (χ2v) is 9.49. The Balaban J connectivity index is 1.70. The van der Waals surface area contributed by atoms with Crippen molar-refractivity contribution in [1.29, 1.82) is 0 Å². The smallest absolute Gasteiger partial charge is 0.319 e. The molecule has 4 rings (SSSR count). The Bertz CT molecular complexity index is 885. The number of fused-ring (bicyclic) bond motifs is 1. The molecule has 1 aromatic heterocycles. The van der Waals surface area contributed by atoms with Crippen molar-refractivity contribution in [2.75, 3.05) is 51.4 Å². The molecule has 0 saturated carbocycles. The molecule has 2 aliphatic heterocycles. The molecular formula is C23H33BrN4O2. The summed E-state index contributed by atoms with van der Waals surface area (Å²) in [4.78, 5) is 14.6. The monoisotopic (exact) mass is 476 g/mol. The van der Waals surface area contributed by atoms with Gasteiger partial charge in [-0.2, -0.15) is 9.97 Å². The highest BCUT2D eigenvalue weighted by Gasteiger charge is 2.39. The summed E-state index contributed by atoms with van der Waals surface area (Å²) in [6.07, 6.45) is 5.69. The van der Waals surface area contributed by atoms with E-state index in [2.05, 4.69) is 58.8 Å². The molecule has 0 N–H and O–H groups in total. The summed E-state index contributed by atoms with van der Waals surface area (Å²) in [6.45, 7) is 9.42. The fraction of sp³-hybridized carbons (Fsp3) is 0.652. The molecule has 0 spiro atoms. The first-order chi connectivity index (χ1) is 14.5. The number of hydrogen-bond acceptors (Lipinski definition) is 6. The number of aromatic nitrogens is 2. The van der Waals surface area contributed by atoms with E-state index >= 15 is 0 Å². The summed E-state index contributed by atoms with van der Waals surface area (Å²) in [5.41, 5.74) is 2.17. The number of halogens is 1. The van der Waals surface area contributed by atoms with Crippen LogP contribution < -0.4 is 9.64 Å². The van der Waals surface area contributed by atoms with Gasteiger partial charge >= 0.3 is 6.01 Å². The highest BCUT2D eigenvalue weighted by molar-refractivity contribution is 9.10. The van der Waals surface area contributed by atoms with Crippen molar-refractivity contribution in [2.45, 2.75) is 51.5 Å². The van der Waals surface area contributed by atoms with E-state index in [4.69, 9.17) is 19.4 Å². The number of rotatable bonds is 6. The van der Waals surface area contributed by atoms with E-state index in [9.17, 15) is 0 Å². The Kier molecular flexibility index (Phi) is 6.80. The third kappa shape index (κ3) is 4.30. The Labute approximate surface area is 188 Å². The maximum Gasteiger partial charge on any atom is 0.319 e. The van der Waals surface area contributed by atoms with Crippen molar-refractivity contribution < 1.29 is 9.47 Å². The van der Waals surface area contributed by atoms with Crippen molar-refractivity contribution in [2.24, 2.45) is 0 Å². The van der Waals surface area contributed by atoms with Crippen LogP contribution >= 0.6 is 15.9 Å². The van der Waals surface area contributed by atoms with Crippen LogP contribution in [0, 0.1) is 6.92 Å². The summed E-state index contributed by atoms with van der Waals surface area (Å²) in [6, 6.07) is 4.68. The van der Waals surface area contributed by atoms with Crippen molar-refractivity contribution in [3.8, 4) is 6.01 Å². The first kappa shape index (κ1) is 21.8. The standard InChI is InChI=1S/C23H33BrN4O2/c1-4-9-23(10-5-11-27(23)3)16-30-22-25-20-17(2)19(24)8-7-18(20)21(26-22)28-12-6-14-29-15-13-28/h7-8H,4-6,9-16H2,1-3H3. The number of benzene rings is 1. The Morgan fingerprint density at radius 3 is 2.80 bits per heavy atom. The predicted octanol–water partition coefficient (Wildman–Crippen LogP) is 4.57. The maximum absolute atomic E-state index is 6.34. The number of anilines is 1. The summed E-state index contributed by atoms with van der Waals surface area (Å²) in [7, 11) is 2.22. The maximum atomic E-state index is 6.34. The third-order valence-electron chi connectivity index (χ3n) is 6.67. The van der Waals surface area contributed by atoms with Crippen molar-refractivity contribution in [1.82, 2.24) is 14.9 Å². The fourth-order valence-corrected chi connectivity index (χ4v) is 5.16. The molecule has 0 amide bonds. The fourth-order valence-electron chi connectivity index (χ4n) is 4.84. The third-order valence-corrected chi connectivity index (χ3v) is 7.53. The molecule has 164 valence electrons. The minimum absolute atomic E-state index is 0.0932. The molecule has 1 unspecified atom stereocenters. The molecule has 6 nitrogen and oxygen atoms in total. The quantitative estimate of drug-likeness (QED) is 0.608. The predicted molar refractivity (Wildman–Crippen MR) is 125 cm³/mol. The molecule has 1 aromatic carbocycles. The lowest BCUT2D eigenvalue weighted by Gasteiger charge is -2.35. The van der Waals surface area contributed by atoms with Gasteiger partial charge in [-0.15, -0.1) is 0 Å². The van der Waals surface area contributed by atoms with Crippen LogP contribution in [-0.4, -0.2) is 66.9 Å². The van der Waals surface area contributed by atoms with E-state index in [0.717, 1.165) is 78.9 Å². The lowest BCUT2D eigenvalue weighted by atomic mass is 9.92. The SMILES string of the molecule is CCCC1(COc2nc(N3CCCOCC3)c3ccc(Br)c(C)c3n2)CCCN1C. The number of ether oxygens (including phenoxy) is 2. The molecule has 2 aromatic rings. The summed E-state index contributed by atoms with van der Waals surface area (Å²) in [5, 5.41) is 1.08. The summed E-state index contributed by atoms with van der Waals surface area (Å²) in [5.74, 6) is 0.959. The molecule has 0 radical (unpaired) electrons. The van der Waals surface area contributed by atoms with Gasteiger partial charge in [0, 0.05) is 29.6 Å². The molecular weight excluding hydrogens is 444 g/mol. The van der Waals surface area contributed by atoms with Crippen LogP contribution in [-0.2, 0) is 4.74 Å². The van der Waals surface area contributed by atoms with Crippen LogP contribution in [0.1, 0.15) is 44.6 Å². The van der Waals surface area contributed by atoms with Crippen LogP contribution in [0.25, 0.3) is 10.9 Å². The molecule has 7 heteroatoms. The van der Waals surface area contributed by atoms with Crippen LogP contribution in [0.4, 0.5) is 5.82 Å². The zero-order valence-corrected chi connectivity index (χ0v) is 20.0. The van der Waals surface area contributed by atoms with Crippen molar-refractivity contribution >= 4 is 32.7 Å². The molecule has 30 heavy (non-hydrogen) atoms. The van der Waals surface area contributed by atoms with Gasteiger partial charge in [-0.25, -0.2) is 0 Å². The highest BCUT2D eigenvalue weighted by atomic mass is 79.9. The van der Waals surface area contributed by atoms with Crippen molar-refractivity contribution in [3.05, 3.63) is 22.2 Å². The van der Waals surface area contributed by atoms with Crippen LogP contribution in [0.5, 0.6) is 6.01 Å². The number of likely N-dealkylation sites (tertiary alicyclic amines) is 1. The van der Waals surface area contributed by atoms with Gasteiger partial charge in [-0.1, -0.05) is 29.3 Å². The van der Waals surface area contributed by atoms with E-state index in [1.807, 2.05) is 0 Å². The minimum atomic E-state index is 0.0932. The van der Waals surface area contributed by atoms with Crippen LogP contribution in [0.2, 0.25) is 0 Å². The van der Waals surface area contributed by atoms with Crippen LogP contribution in [0.15, 0.2) is 16.6 Å². The first-order valence-corrected chi connectivity index (χ1v) is 12.0. The number of aryl methyl sites for hydroxylation is 1. The van der Waals surface area contributed by atoms with E-state index in [-0.39, 0.29) is 5.54 Å². The van der Waals surface area contributed by atoms with E-state index in [1.54, 1.807) is 0 Å². The Morgan fingerprint density at radius 2 is 2.03 bits per heavy atom. The number of likely N-dealkylation sites (N-methyl/N-ethyl adjacent to an activating group) is 1. The van der Waals surface area contributed by atoms with Gasteiger partial charge in [0.2, 0.25) is 0 Å². The van der Waals surface area contributed by atoms with Crippen LogP contribution in [0.3, 0.4) is 0 Å². The topological polar surface area (TPSA) is 50.7 Å². The van der Waals surface area contributed by atoms with Gasteiger partial charge in [-0.05, 0) is 63.9 Å². The molecule has 2 fully saturated rings. The second kappa shape index (κ2) is 9.37. The zero-order chi connectivity index (χ0) is 21.1. The van der Waals surface area contributed by atoms with Gasteiger partial charge in [-0.3, -0.25) is 4.90 Å². The Hall–Kier alpha value is -1.44. The molecule has 1 atom stereocenters. The largest absolute Gasteiger partial charge is 0.461 e. The number of hydrogen-bond donors (Lipinski definition) is 0. The lowest BCUT2D eigenvalue weighted by molar-refractivity contribution is 0.0828. The molecule has 0 bridgehead atoms. The number of nitrogens with zero attached hydrogens (tertiary/aromatic N) is 4. The average Bonchev–Trinajstić information content (AvgIpc) is 2.94.